The highest BCUT2D eigenvalue weighted by Gasteiger charge is 2.26. The molecule has 0 aromatic carbocycles. The molecule has 0 aliphatic heterocycles. The molecule has 1 N–H and O–H groups in total. The Balaban J connectivity index is 2.13. The third-order valence-corrected chi connectivity index (χ3v) is 3.23. The Morgan fingerprint density at radius 3 is 2.94 bits per heavy atom. The van der Waals surface area contributed by atoms with Crippen molar-refractivity contribution in [2.75, 3.05) is 0 Å². The van der Waals surface area contributed by atoms with Crippen LogP contribution in [0.2, 0.25) is 0 Å². The number of nitrogens with zero attached hydrogens (tertiary/aromatic N) is 1. The molecule has 84 valence electrons. The van der Waals surface area contributed by atoms with E-state index in [1.54, 1.807) is 18.3 Å². The van der Waals surface area contributed by atoms with Crippen LogP contribution in [0.5, 0.6) is 0 Å². The lowest BCUT2D eigenvalue weighted by molar-refractivity contribution is 0.0883. The Bertz CT molecular complexity index is 460. The van der Waals surface area contributed by atoms with Crippen molar-refractivity contribution >= 4 is 17.2 Å². The molecule has 5 heteroatoms. The zero-order chi connectivity index (χ0) is 11.6. The van der Waals surface area contributed by atoms with E-state index < -0.39 is 5.54 Å². The first kappa shape index (κ1) is 10.9. The fourth-order valence-corrected chi connectivity index (χ4v) is 2.06. The maximum atomic E-state index is 11.8. The van der Waals surface area contributed by atoms with Crippen LogP contribution in [-0.2, 0) is 5.54 Å². The van der Waals surface area contributed by atoms with Gasteiger partial charge in [0.1, 0.15) is 5.01 Å². The summed E-state index contributed by atoms with van der Waals surface area (Å²) in [5.74, 6) is 0.0785. The molecule has 0 radical (unpaired) electrons. The average molecular weight is 236 g/mol. The molecule has 2 aromatic heterocycles. The number of hydrogen-bond acceptors (Lipinski definition) is 4. The SMILES string of the molecule is CC(C)(NC(=O)c1ccco1)c1nccs1. The first-order valence-electron chi connectivity index (χ1n) is 4.85. The Morgan fingerprint density at radius 1 is 1.56 bits per heavy atom. The second-order valence-electron chi connectivity index (χ2n) is 3.89. The quantitative estimate of drug-likeness (QED) is 0.890. The second-order valence-corrected chi connectivity index (χ2v) is 4.79. The van der Waals surface area contributed by atoms with Gasteiger partial charge in [-0.2, -0.15) is 0 Å². The van der Waals surface area contributed by atoms with Gasteiger partial charge in [-0.25, -0.2) is 4.98 Å². The van der Waals surface area contributed by atoms with Crippen LogP contribution in [0.3, 0.4) is 0 Å². The second kappa shape index (κ2) is 4.09. The van der Waals surface area contributed by atoms with Crippen LogP contribution >= 0.6 is 11.3 Å². The van der Waals surface area contributed by atoms with Gasteiger partial charge in [0.05, 0.1) is 11.8 Å². The number of thiazole rings is 1. The van der Waals surface area contributed by atoms with Crippen LogP contribution in [0, 0.1) is 0 Å². The van der Waals surface area contributed by atoms with Crippen LogP contribution in [0.1, 0.15) is 29.4 Å². The van der Waals surface area contributed by atoms with E-state index in [-0.39, 0.29) is 5.91 Å². The van der Waals surface area contributed by atoms with E-state index in [1.807, 2.05) is 19.2 Å². The van der Waals surface area contributed by atoms with E-state index in [1.165, 1.54) is 17.6 Å². The molecule has 1 amide bonds. The Hall–Kier alpha value is -1.62. The molecule has 0 spiro atoms. The number of furan rings is 1. The van der Waals surface area contributed by atoms with E-state index in [0.29, 0.717) is 5.76 Å². The summed E-state index contributed by atoms with van der Waals surface area (Å²) in [7, 11) is 0. The van der Waals surface area contributed by atoms with E-state index >= 15 is 0 Å². The highest BCUT2D eigenvalue weighted by Crippen LogP contribution is 2.22. The highest BCUT2D eigenvalue weighted by molar-refractivity contribution is 7.09. The summed E-state index contributed by atoms with van der Waals surface area (Å²) in [6.07, 6.45) is 3.20. The first-order chi connectivity index (χ1) is 7.59. The van der Waals surface area contributed by atoms with Crippen LogP contribution in [0.15, 0.2) is 34.4 Å². The molecule has 2 aromatic rings. The van der Waals surface area contributed by atoms with Gasteiger partial charge in [0, 0.05) is 11.6 Å². The third-order valence-electron chi connectivity index (χ3n) is 2.14. The Labute approximate surface area is 97.3 Å². The lowest BCUT2D eigenvalue weighted by atomic mass is 10.1. The number of rotatable bonds is 3. The Kier molecular flexibility index (Phi) is 2.78. The zero-order valence-corrected chi connectivity index (χ0v) is 9.88. The molecule has 0 aliphatic carbocycles. The van der Waals surface area contributed by atoms with Gasteiger partial charge in [-0.15, -0.1) is 11.3 Å². The highest BCUT2D eigenvalue weighted by atomic mass is 32.1. The topological polar surface area (TPSA) is 55.1 Å². The summed E-state index contributed by atoms with van der Waals surface area (Å²) >= 11 is 1.51. The fourth-order valence-electron chi connectivity index (χ4n) is 1.34. The van der Waals surface area contributed by atoms with Crippen LogP contribution in [-0.4, -0.2) is 10.9 Å². The zero-order valence-electron chi connectivity index (χ0n) is 9.06. The molecule has 0 aliphatic rings. The van der Waals surface area contributed by atoms with Gasteiger partial charge < -0.3 is 9.73 Å². The van der Waals surface area contributed by atoms with Gasteiger partial charge in [0.25, 0.3) is 5.91 Å². The summed E-state index contributed by atoms with van der Waals surface area (Å²) in [6.45, 7) is 3.82. The molecule has 2 rings (SSSR count). The van der Waals surface area contributed by atoms with Gasteiger partial charge >= 0.3 is 0 Å². The van der Waals surface area contributed by atoms with E-state index in [4.69, 9.17) is 4.42 Å². The van der Waals surface area contributed by atoms with Crippen molar-refractivity contribution in [3.63, 3.8) is 0 Å². The molecule has 0 bridgehead atoms. The number of carbonyl (C=O) groups is 1. The third kappa shape index (κ3) is 2.14. The van der Waals surface area contributed by atoms with E-state index in [9.17, 15) is 4.79 Å². The normalized spacial score (nSPS) is 11.4. The van der Waals surface area contributed by atoms with Crippen molar-refractivity contribution in [1.29, 1.82) is 0 Å². The number of hydrogen-bond donors (Lipinski definition) is 1. The van der Waals surface area contributed by atoms with Crippen molar-refractivity contribution < 1.29 is 9.21 Å². The smallest absolute Gasteiger partial charge is 0.287 e. The minimum Gasteiger partial charge on any atom is -0.459 e. The van der Waals surface area contributed by atoms with Crippen molar-refractivity contribution in [3.8, 4) is 0 Å². The summed E-state index contributed by atoms with van der Waals surface area (Å²) in [4.78, 5) is 16.0. The minimum atomic E-state index is -0.488. The molecule has 0 unspecified atom stereocenters. The molecule has 0 fully saturated rings. The van der Waals surface area contributed by atoms with Crippen molar-refractivity contribution in [2.45, 2.75) is 19.4 Å². The minimum absolute atomic E-state index is 0.231. The molecule has 4 nitrogen and oxygen atoms in total. The van der Waals surface area contributed by atoms with Gasteiger partial charge in [0.15, 0.2) is 5.76 Å². The van der Waals surface area contributed by atoms with Crippen molar-refractivity contribution in [2.24, 2.45) is 0 Å². The van der Waals surface area contributed by atoms with Crippen LogP contribution in [0.4, 0.5) is 0 Å². The maximum absolute atomic E-state index is 11.8. The van der Waals surface area contributed by atoms with Crippen LogP contribution < -0.4 is 5.32 Å². The lowest BCUT2D eigenvalue weighted by Gasteiger charge is -2.22. The van der Waals surface area contributed by atoms with Gasteiger partial charge in [0.2, 0.25) is 0 Å². The molecule has 16 heavy (non-hydrogen) atoms. The number of amides is 1. The molecule has 0 saturated carbocycles. The molecule has 0 saturated heterocycles. The standard InChI is InChI=1S/C11H12N2O2S/c1-11(2,10-12-5-7-16-10)13-9(14)8-4-3-6-15-8/h3-7H,1-2H3,(H,13,14). The number of aromatic nitrogens is 1. The van der Waals surface area contributed by atoms with Gasteiger partial charge in [-0.3, -0.25) is 4.79 Å². The number of nitrogens with one attached hydrogen (secondary N) is 1. The molecule has 0 atom stereocenters. The van der Waals surface area contributed by atoms with Crippen molar-refractivity contribution in [1.82, 2.24) is 10.3 Å². The average Bonchev–Trinajstić information content (AvgIpc) is 2.91. The summed E-state index contributed by atoms with van der Waals surface area (Å²) in [5.41, 5.74) is -0.488. The summed E-state index contributed by atoms with van der Waals surface area (Å²) < 4.78 is 5.03. The predicted molar refractivity (Wildman–Crippen MR) is 61.3 cm³/mol. The maximum Gasteiger partial charge on any atom is 0.287 e. The largest absolute Gasteiger partial charge is 0.459 e. The molecular formula is C11H12N2O2S. The van der Waals surface area contributed by atoms with Gasteiger partial charge in [-0.05, 0) is 26.0 Å². The lowest BCUT2D eigenvalue weighted by Crippen LogP contribution is -2.40. The van der Waals surface area contributed by atoms with Crippen molar-refractivity contribution in [3.05, 3.63) is 40.7 Å². The predicted octanol–water partition coefficient (Wildman–Crippen LogP) is 2.40. The van der Waals surface area contributed by atoms with E-state index in [0.717, 1.165) is 5.01 Å². The summed E-state index contributed by atoms with van der Waals surface area (Å²) in [5, 5.41) is 5.63. The van der Waals surface area contributed by atoms with E-state index in [2.05, 4.69) is 10.3 Å². The molecular weight excluding hydrogens is 224 g/mol. The summed E-state index contributed by atoms with van der Waals surface area (Å²) in [6, 6.07) is 3.32. The Morgan fingerprint density at radius 2 is 2.38 bits per heavy atom. The number of carbonyl (C=O) groups excluding carboxylic acids is 1. The van der Waals surface area contributed by atoms with Gasteiger partial charge in [-0.1, -0.05) is 0 Å². The molecule has 2 heterocycles. The first-order valence-corrected chi connectivity index (χ1v) is 5.73. The monoisotopic (exact) mass is 236 g/mol. The fraction of sp³-hybridized carbons (Fsp3) is 0.273. The van der Waals surface area contributed by atoms with Crippen LogP contribution in [0.25, 0.3) is 0 Å².